The number of aromatic amines is 1. The zero-order valence-electron chi connectivity index (χ0n) is 12.1. The number of aromatic nitrogens is 4. The van der Waals surface area contributed by atoms with Gasteiger partial charge in [0.05, 0.1) is 5.52 Å². The number of pyridine rings is 1. The number of carbonyl (C=O) groups excluding carboxylic acids is 2. The normalized spacial score (nSPS) is 11.3. The van der Waals surface area contributed by atoms with Gasteiger partial charge in [-0.1, -0.05) is 16.4 Å². The van der Waals surface area contributed by atoms with Crippen LogP contribution in [0, 0.1) is 0 Å². The molecule has 128 valence electrons. The average Bonchev–Trinajstić information content (AvgIpc) is 3.02. The van der Waals surface area contributed by atoms with Crippen molar-refractivity contribution in [2.24, 2.45) is 0 Å². The molecule has 11 heteroatoms. The fourth-order valence-corrected chi connectivity index (χ4v) is 1.84. The number of benzene rings is 1. The highest BCUT2D eigenvalue weighted by Crippen LogP contribution is 2.26. The summed E-state index contributed by atoms with van der Waals surface area (Å²) in [4.78, 5) is 26.5. The molecule has 0 aliphatic rings. The van der Waals surface area contributed by atoms with Gasteiger partial charge in [-0.3, -0.25) is 4.98 Å². The Morgan fingerprint density at radius 1 is 1.16 bits per heavy atom. The van der Waals surface area contributed by atoms with Crippen molar-refractivity contribution in [1.82, 2.24) is 20.4 Å². The van der Waals surface area contributed by atoms with E-state index >= 15 is 0 Å². The molecule has 2 aromatic heterocycles. The number of nitrogens with zero attached hydrogens (tertiary/aromatic N) is 3. The SMILES string of the molecule is O=C(OC(=O)C(F)(F)F)c1[nH]nnc1Oc1ccc2ncccc2c1. The number of fused-ring (bicyclic) bond motifs is 1. The molecule has 25 heavy (non-hydrogen) atoms. The number of esters is 2. The molecule has 0 unspecified atom stereocenters. The van der Waals surface area contributed by atoms with Gasteiger partial charge in [0.1, 0.15) is 5.75 Å². The van der Waals surface area contributed by atoms with Crippen LogP contribution < -0.4 is 4.74 Å². The summed E-state index contributed by atoms with van der Waals surface area (Å²) in [6.45, 7) is 0. The Morgan fingerprint density at radius 2 is 1.96 bits per heavy atom. The van der Waals surface area contributed by atoms with Crippen LogP contribution in [0.3, 0.4) is 0 Å². The maximum absolute atomic E-state index is 12.1. The first-order chi connectivity index (χ1) is 11.8. The summed E-state index contributed by atoms with van der Waals surface area (Å²) >= 11 is 0. The summed E-state index contributed by atoms with van der Waals surface area (Å²) in [7, 11) is 0. The molecule has 0 spiro atoms. The Hall–Kier alpha value is -3.50. The molecule has 0 radical (unpaired) electrons. The van der Waals surface area contributed by atoms with Crippen LogP contribution in [0.15, 0.2) is 36.5 Å². The van der Waals surface area contributed by atoms with Crippen molar-refractivity contribution in [3.8, 4) is 11.6 Å². The topological polar surface area (TPSA) is 107 Å². The Labute approximate surface area is 136 Å². The van der Waals surface area contributed by atoms with Crippen LogP contribution in [-0.4, -0.2) is 38.5 Å². The predicted molar refractivity (Wildman–Crippen MR) is 74.7 cm³/mol. The standard InChI is InChI=1S/C14H7F3N4O4/c15-14(16,17)13(23)25-12(22)10-11(20-21-19-10)24-8-3-4-9-7(6-8)2-1-5-18-9/h1-6H,(H,19,20,21). The zero-order chi connectivity index (χ0) is 18.0. The summed E-state index contributed by atoms with van der Waals surface area (Å²) in [5.41, 5.74) is 0.0503. The van der Waals surface area contributed by atoms with Crippen LogP contribution in [0.5, 0.6) is 11.6 Å². The van der Waals surface area contributed by atoms with Crippen molar-refractivity contribution in [3.05, 3.63) is 42.2 Å². The van der Waals surface area contributed by atoms with Crippen molar-refractivity contribution >= 4 is 22.8 Å². The average molecular weight is 352 g/mol. The third-order valence-corrected chi connectivity index (χ3v) is 2.93. The fourth-order valence-electron chi connectivity index (χ4n) is 1.84. The molecule has 0 saturated heterocycles. The lowest BCUT2D eigenvalue weighted by Crippen LogP contribution is -2.28. The highest BCUT2D eigenvalue weighted by Gasteiger charge is 2.43. The van der Waals surface area contributed by atoms with Gasteiger partial charge in [-0.25, -0.2) is 14.7 Å². The number of ether oxygens (including phenoxy) is 2. The number of carbonyl (C=O) groups is 2. The van der Waals surface area contributed by atoms with Gasteiger partial charge in [0.25, 0.3) is 5.88 Å². The third kappa shape index (κ3) is 3.54. The quantitative estimate of drug-likeness (QED) is 0.570. The lowest BCUT2D eigenvalue weighted by atomic mass is 10.2. The lowest BCUT2D eigenvalue weighted by Gasteiger charge is -2.06. The van der Waals surface area contributed by atoms with Gasteiger partial charge in [-0.15, -0.1) is 0 Å². The Balaban J connectivity index is 1.81. The van der Waals surface area contributed by atoms with Crippen LogP contribution in [0.2, 0.25) is 0 Å². The van der Waals surface area contributed by atoms with E-state index < -0.39 is 29.7 Å². The predicted octanol–water partition coefficient (Wildman–Crippen LogP) is 2.39. The van der Waals surface area contributed by atoms with Crippen LogP contribution in [-0.2, 0) is 9.53 Å². The van der Waals surface area contributed by atoms with Gasteiger partial charge in [-0.2, -0.15) is 13.2 Å². The van der Waals surface area contributed by atoms with E-state index in [4.69, 9.17) is 4.74 Å². The minimum absolute atomic E-state index is 0.227. The molecule has 1 aromatic carbocycles. The highest BCUT2D eigenvalue weighted by atomic mass is 19.4. The Morgan fingerprint density at radius 3 is 2.72 bits per heavy atom. The van der Waals surface area contributed by atoms with Gasteiger partial charge in [-0.05, 0) is 24.3 Å². The number of halogens is 3. The van der Waals surface area contributed by atoms with Gasteiger partial charge in [0.15, 0.2) is 0 Å². The maximum atomic E-state index is 12.1. The van der Waals surface area contributed by atoms with E-state index in [1.165, 1.54) is 6.07 Å². The monoisotopic (exact) mass is 352 g/mol. The summed E-state index contributed by atoms with van der Waals surface area (Å²) in [5, 5.41) is 9.46. The third-order valence-electron chi connectivity index (χ3n) is 2.93. The van der Waals surface area contributed by atoms with E-state index in [-0.39, 0.29) is 5.75 Å². The summed E-state index contributed by atoms with van der Waals surface area (Å²) in [5.74, 6) is -4.49. The second-order valence-corrected chi connectivity index (χ2v) is 4.63. The van der Waals surface area contributed by atoms with Crippen LogP contribution in [0.1, 0.15) is 10.5 Å². The first-order valence-corrected chi connectivity index (χ1v) is 6.61. The van der Waals surface area contributed by atoms with Crippen molar-refractivity contribution in [2.45, 2.75) is 6.18 Å². The molecular weight excluding hydrogens is 345 g/mol. The fraction of sp³-hybridized carbons (Fsp3) is 0.0714. The van der Waals surface area contributed by atoms with Crippen molar-refractivity contribution in [1.29, 1.82) is 0 Å². The van der Waals surface area contributed by atoms with Crippen LogP contribution >= 0.6 is 0 Å². The number of nitrogens with one attached hydrogen (secondary N) is 1. The van der Waals surface area contributed by atoms with Crippen molar-refractivity contribution in [3.63, 3.8) is 0 Å². The number of H-pyrrole nitrogens is 1. The number of hydrogen-bond donors (Lipinski definition) is 1. The Bertz CT molecular complexity index is 954. The summed E-state index contributed by atoms with van der Waals surface area (Å²) < 4.78 is 45.4. The maximum Gasteiger partial charge on any atom is 0.491 e. The minimum atomic E-state index is -5.31. The molecule has 0 atom stereocenters. The minimum Gasteiger partial charge on any atom is -0.436 e. The number of hydrogen-bond acceptors (Lipinski definition) is 7. The van der Waals surface area contributed by atoms with Gasteiger partial charge >= 0.3 is 18.1 Å². The number of rotatable bonds is 3. The second kappa shape index (κ2) is 6.19. The smallest absolute Gasteiger partial charge is 0.436 e. The summed E-state index contributed by atoms with van der Waals surface area (Å²) in [6.07, 6.45) is -3.71. The van der Waals surface area contributed by atoms with Crippen LogP contribution in [0.25, 0.3) is 10.9 Å². The van der Waals surface area contributed by atoms with E-state index in [0.717, 1.165) is 5.39 Å². The second-order valence-electron chi connectivity index (χ2n) is 4.63. The van der Waals surface area contributed by atoms with E-state index in [1.807, 2.05) is 5.10 Å². The van der Waals surface area contributed by atoms with E-state index in [9.17, 15) is 22.8 Å². The van der Waals surface area contributed by atoms with E-state index in [0.29, 0.717) is 5.52 Å². The van der Waals surface area contributed by atoms with Crippen molar-refractivity contribution < 1.29 is 32.2 Å². The molecule has 3 rings (SSSR count). The molecular formula is C14H7F3N4O4. The first kappa shape index (κ1) is 16.4. The highest BCUT2D eigenvalue weighted by molar-refractivity contribution is 5.98. The molecule has 1 N–H and O–H groups in total. The molecule has 0 amide bonds. The van der Waals surface area contributed by atoms with Gasteiger partial charge in [0.2, 0.25) is 5.69 Å². The molecule has 0 saturated carbocycles. The zero-order valence-corrected chi connectivity index (χ0v) is 12.1. The largest absolute Gasteiger partial charge is 0.491 e. The van der Waals surface area contributed by atoms with Crippen LogP contribution in [0.4, 0.5) is 13.2 Å². The molecule has 0 aliphatic heterocycles. The molecule has 3 aromatic rings. The van der Waals surface area contributed by atoms with E-state index in [1.54, 1.807) is 30.5 Å². The number of alkyl halides is 3. The van der Waals surface area contributed by atoms with Gasteiger partial charge < -0.3 is 9.47 Å². The first-order valence-electron chi connectivity index (χ1n) is 6.61. The molecule has 0 fully saturated rings. The Kier molecular flexibility index (Phi) is 4.05. The van der Waals surface area contributed by atoms with E-state index in [2.05, 4.69) is 20.0 Å². The lowest BCUT2D eigenvalue weighted by molar-refractivity contribution is -0.193. The molecule has 8 nitrogen and oxygen atoms in total. The molecule has 2 heterocycles. The molecule has 0 bridgehead atoms. The summed E-state index contributed by atoms with van der Waals surface area (Å²) in [6, 6.07) is 8.19. The van der Waals surface area contributed by atoms with Crippen molar-refractivity contribution in [2.75, 3.05) is 0 Å². The van der Waals surface area contributed by atoms with Gasteiger partial charge in [0, 0.05) is 11.6 Å². The molecule has 0 aliphatic carbocycles.